The Morgan fingerprint density at radius 2 is 2.09 bits per heavy atom. The van der Waals surface area contributed by atoms with Crippen molar-refractivity contribution in [2.45, 2.75) is 39.5 Å². The summed E-state index contributed by atoms with van der Waals surface area (Å²) < 4.78 is 0. The van der Waals surface area contributed by atoms with Gasteiger partial charge in [-0.15, -0.1) is 0 Å². The lowest BCUT2D eigenvalue weighted by atomic mass is 9.96. The molecule has 22 heavy (non-hydrogen) atoms. The molecule has 1 heterocycles. The summed E-state index contributed by atoms with van der Waals surface area (Å²) in [5.41, 5.74) is 1.81. The molecule has 0 aliphatic carbocycles. The first-order valence-corrected chi connectivity index (χ1v) is 8.23. The van der Waals surface area contributed by atoms with E-state index in [-0.39, 0.29) is 11.8 Å². The van der Waals surface area contributed by atoms with E-state index in [0.29, 0.717) is 18.9 Å². The Hall–Kier alpha value is -1.84. The third-order valence-electron chi connectivity index (χ3n) is 4.25. The van der Waals surface area contributed by atoms with E-state index in [1.54, 1.807) is 0 Å². The number of piperidine rings is 1. The molecule has 1 fully saturated rings. The first-order chi connectivity index (χ1) is 10.6. The molecule has 0 bridgehead atoms. The lowest BCUT2D eigenvalue weighted by Crippen LogP contribution is -2.43. The Morgan fingerprint density at radius 1 is 1.32 bits per heavy atom. The van der Waals surface area contributed by atoms with Crippen molar-refractivity contribution in [1.29, 1.82) is 0 Å². The Balaban J connectivity index is 1.91. The van der Waals surface area contributed by atoms with E-state index in [4.69, 9.17) is 0 Å². The highest BCUT2D eigenvalue weighted by atomic mass is 16.2. The van der Waals surface area contributed by atoms with Crippen molar-refractivity contribution in [3.05, 3.63) is 35.4 Å². The normalized spacial score (nSPS) is 18.1. The highest BCUT2D eigenvalue weighted by Gasteiger charge is 2.25. The third kappa shape index (κ3) is 4.33. The van der Waals surface area contributed by atoms with Crippen LogP contribution < -0.4 is 5.32 Å². The van der Waals surface area contributed by atoms with Crippen LogP contribution in [0.3, 0.4) is 0 Å². The Kier molecular flexibility index (Phi) is 5.99. The topological polar surface area (TPSA) is 49.4 Å². The lowest BCUT2D eigenvalue weighted by molar-refractivity contribution is -0.121. The van der Waals surface area contributed by atoms with Crippen LogP contribution in [0.1, 0.15) is 48.5 Å². The van der Waals surface area contributed by atoms with Crippen molar-refractivity contribution >= 4 is 11.8 Å². The molecule has 1 N–H and O–H groups in total. The van der Waals surface area contributed by atoms with Gasteiger partial charge >= 0.3 is 0 Å². The molecule has 4 heteroatoms. The molecule has 0 aromatic heterocycles. The maximum Gasteiger partial charge on any atom is 0.254 e. The van der Waals surface area contributed by atoms with Gasteiger partial charge in [0.1, 0.15) is 0 Å². The van der Waals surface area contributed by atoms with Crippen LogP contribution in [-0.4, -0.2) is 36.3 Å². The zero-order chi connectivity index (χ0) is 15.9. The first-order valence-electron chi connectivity index (χ1n) is 8.23. The van der Waals surface area contributed by atoms with E-state index in [1.165, 1.54) is 0 Å². The number of carbonyl (C=O) groups excluding carboxylic acids is 2. The molecule has 2 amide bonds. The first kappa shape index (κ1) is 16.5. The monoisotopic (exact) mass is 302 g/mol. The van der Waals surface area contributed by atoms with Gasteiger partial charge in [-0.05, 0) is 43.7 Å². The number of aryl methyl sites for hydroxylation is 1. The van der Waals surface area contributed by atoms with Gasteiger partial charge in [0, 0.05) is 31.6 Å². The number of nitrogens with one attached hydrogen (secondary N) is 1. The summed E-state index contributed by atoms with van der Waals surface area (Å²) in [7, 11) is 0. The summed E-state index contributed by atoms with van der Waals surface area (Å²) in [5.74, 6) is 0.593. The smallest absolute Gasteiger partial charge is 0.254 e. The fourth-order valence-electron chi connectivity index (χ4n) is 2.97. The molecule has 0 unspecified atom stereocenters. The Bertz CT molecular complexity index is 528. The quantitative estimate of drug-likeness (QED) is 0.909. The molecule has 1 aliphatic rings. The molecule has 1 aromatic rings. The van der Waals surface area contributed by atoms with Crippen LogP contribution in [0.15, 0.2) is 24.3 Å². The number of amides is 2. The maximum atomic E-state index is 12.6. The highest BCUT2D eigenvalue weighted by Crippen LogP contribution is 2.19. The average Bonchev–Trinajstić information content (AvgIpc) is 2.53. The van der Waals surface area contributed by atoms with E-state index in [2.05, 4.69) is 5.32 Å². The second-order valence-electron chi connectivity index (χ2n) is 6.13. The van der Waals surface area contributed by atoms with Gasteiger partial charge in [-0.3, -0.25) is 9.59 Å². The van der Waals surface area contributed by atoms with Crippen LogP contribution in [0.4, 0.5) is 0 Å². The summed E-state index contributed by atoms with van der Waals surface area (Å²) in [5, 5.41) is 2.99. The largest absolute Gasteiger partial charge is 0.356 e. The predicted molar refractivity (Wildman–Crippen MR) is 87.7 cm³/mol. The Morgan fingerprint density at radius 3 is 2.82 bits per heavy atom. The molecule has 0 radical (unpaired) electrons. The number of hydrogen-bond acceptors (Lipinski definition) is 2. The van der Waals surface area contributed by atoms with Crippen molar-refractivity contribution in [3.63, 3.8) is 0 Å². The third-order valence-corrected chi connectivity index (χ3v) is 4.25. The van der Waals surface area contributed by atoms with Crippen LogP contribution in [0.25, 0.3) is 0 Å². The number of rotatable bonds is 5. The van der Waals surface area contributed by atoms with E-state index in [9.17, 15) is 9.59 Å². The summed E-state index contributed by atoms with van der Waals surface area (Å²) in [6.07, 6.45) is 3.53. The standard InChI is InChI=1S/C18H26N2O2/c1-3-7-17(21)19-12-15-9-6-11-20(13-15)18(22)16-10-5-4-8-14(16)2/h4-5,8,10,15H,3,6-7,9,11-13H2,1-2H3,(H,19,21)/t15-/m0/s1. The highest BCUT2D eigenvalue weighted by molar-refractivity contribution is 5.95. The number of hydrogen-bond donors (Lipinski definition) is 1. The molecular weight excluding hydrogens is 276 g/mol. The predicted octanol–water partition coefficient (Wildman–Crippen LogP) is 2.76. The molecular formula is C18H26N2O2. The molecule has 0 spiro atoms. The minimum Gasteiger partial charge on any atom is -0.356 e. The summed E-state index contributed by atoms with van der Waals surface area (Å²) in [6.45, 7) is 6.20. The SMILES string of the molecule is CCCC(=O)NC[C@@H]1CCCN(C(=O)c2ccccc2C)C1. The van der Waals surface area contributed by atoms with Crippen molar-refractivity contribution in [2.24, 2.45) is 5.92 Å². The molecule has 1 aromatic carbocycles. The van der Waals surface area contributed by atoms with Crippen LogP contribution in [0.2, 0.25) is 0 Å². The van der Waals surface area contributed by atoms with Crippen LogP contribution in [0.5, 0.6) is 0 Å². The summed E-state index contributed by atoms with van der Waals surface area (Å²) in [6, 6.07) is 7.73. The molecule has 4 nitrogen and oxygen atoms in total. The summed E-state index contributed by atoms with van der Waals surface area (Å²) >= 11 is 0. The lowest BCUT2D eigenvalue weighted by Gasteiger charge is -2.33. The second-order valence-corrected chi connectivity index (χ2v) is 6.13. The van der Waals surface area contributed by atoms with E-state index >= 15 is 0 Å². The van der Waals surface area contributed by atoms with Gasteiger partial charge in [-0.1, -0.05) is 25.1 Å². The molecule has 1 saturated heterocycles. The molecule has 120 valence electrons. The zero-order valence-electron chi connectivity index (χ0n) is 13.6. The van der Waals surface area contributed by atoms with E-state index in [0.717, 1.165) is 43.5 Å². The fourth-order valence-corrected chi connectivity index (χ4v) is 2.97. The van der Waals surface area contributed by atoms with E-state index < -0.39 is 0 Å². The molecule has 0 saturated carbocycles. The average molecular weight is 302 g/mol. The minimum atomic E-state index is 0.114. The number of carbonyl (C=O) groups is 2. The maximum absolute atomic E-state index is 12.6. The summed E-state index contributed by atoms with van der Waals surface area (Å²) in [4.78, 5) is 26.2. The molecule has 1 aliphatic heterocycles. The van der Waals surface area contributed by atoms with Gasteiger partial charge in [0.2, 0.25) is 5.91 Å². The number of nitrogens with zero attached hydrogens (tertiary/aromatic N) is 1. The van der Waals surface area contributed by atoms with Gasteiger partial charge in [-0.2, -0.15) is 0 Å². The van der Waals surface area contributed by atoms with Crippen molar-refractivity contribution in [3.8, 4) is 0 Å². The number of likely N-dealkylation sites (tertiary alicyclic amines) is 1. The van der Waals surface area contributed by atoms with Gasteiger partial charge in [-0.25, -0.2) is 0 Å². The molecule has 1 atom stereocenters. The fraction of sp³-hybridized carbons (Fsp3) is 0.556. The van der Waals surface area contributed by atoms with Crippen molar-refractivity contribution < 1.29 is 9.59 Å². The van der Waals surface area contributed by atoms with Gasteiger partial charge in [0.25, 0.3) is 5.91 Å². The van der Waals surface area contributed by atoms with Gasteiger partial charge in [0.05, 0.1) is 0 Å². The van der Waals surface area contributed by atoms with Crippen molar-refractivity contribution in [2.75, 3.05) is 19.6 Å². The number of benzene rings is 1. The van der Waals surface area contributed by atoms with Crippen LogP contribution >= 0.6 is 0 Å². The minimum absolute atomic E-state index is 0.114. The second kappa shape index (κ2) is 7.97. The van der Waals surface area contributed by atoms with Gasteiger partial charge in [0.15, 0.2) is 0 Å². The van der Waals surface area contributed by atoms with Crippen LogP contribution in [-0.2, 0) is 4.79 Å². The zero-order valence-corrected chi connectivity index (χ0v) is 13.6. The molecule has 2 rings (SSSR count). The van der Waals surface area contributed by atoms with Crippen molar-refractivity contribution in [1.82, 2.24) is 10.2 Å². The Labute approximate surface area is 132 Å². The van der Waals surface area contributed by atoms with E-state index in [1.807, 2.05) is 43.0 Å². The van der Waals surface area contributed by atoms with Gasteiger partial charge < -0.3 is 10.2 Å². The van der Waals surface area contributed by atoms with Crippen LogP contribution in [0, 0.1) is 12.8 Å².